The van der Waals surface area contributed by atoms with Crippen molar-refractivity contribution in [3.8, 4) is 0 Å². The highest BCUT2D eigenvalue weighted by atomic mass is 16.1. The molecule has 0 atom stereocenters. The predicted molar refractivity (Wildman–Crippen MR) is 34.7 cm³/mol. The number of aldehydes is 1. The van der Waals surface area contributed by atoms with Gasteiger partial charge in [0.2, 0.25) is 0 Å². The average Bonchev–Trinajstić information content (AvgIpc) is 1.81. The van der Waals surface area contributed by atoms with Crippen molar-refractivity contribution in [3.05, 3.63) is 12.7 Å². The van der Waals surface area contributed by atoms with Gasteiger partial charge in [0, 0.05) is 6.42 Å². The van der Waals surface area contributed by atoms with E-state index in [1.165, 1.54) is 0 Å². The molecule has 0 saturated heterocycles. The van der Waals surface area contributed by atoms with Crippen LogP contribution < -0.4 is 0 Å². The van der Waals surface area contributed by atoms with Crippen LogP contribution in [0.1, 0.15) is 25.7 Å². The van der Waals surface area contributed by atoms with Gasteiger partial charge in [0.1, 0.15) is 6.29 Å². The smallest absolute Gasteiger partial charge is 0.119 e. The Morgan fingerprint density at radius 2 is 1.88 bits per heavy atom. The first kappa shape index (κ1) is 7.41. The zero-order valence-corrected chi connectivity index (χ0v) is 5.10. The third kappa shape index (κ3) is 5.41. The van der Waals surface area contributed by atoms with E-state index in [2.05, 4.69) is 6.58 Å². The fourth-order valence-electron chi connectivity index (χ4n) is 0.516. The Morgan fingerprint density at radius 1 is 1.25 bits per heavy atom. The van der Waals surface area contributed by atoms with Gasteiger partial charge in [-0.15, -0.1) is 6.58 Å². The van der Waals surface area contributed by atoms with Crippen LogP contribution >= 0.6 is 0 Å². The standard InChI is InChI=1S/C7H12O/c1-2-3-4-5-6-7-8/h2,7H,1,3-6H2. The molecule has 0 aromatic rings. The predicted octanol–water partition coefficient (Wildman–Crippen LogP) is 1.93. The molecular formula is C7H12O. The van der Waals surface area contributed by atoms with Gasteiger partial charge in [0.25, 0.3) is 0 Å². The number of carbonyl (C=O) groups excluding carboxylic acids is 1. The highest BCUT2D eigenvalue weighted by Crippen LogP contribution is 1.96. The maximum Gasteiger partial charge on any atom is 0.119 e. The molecule has 1 nitrogen and oxygen atoms in total. The minimum absolute atomic E-state index is 0.702. The summed E-state index contributed by atoms with van der Waals surface area (Å²) < 4.78 is 0. The zero-order chi connectivity index (χ0) is 6.24. The number of allylic oxidation sites excluding steroid dienone is 1. The molecule has 0 radical (unpaired) electrons. The van der Waals surface area contributed by atoms with Crippen molar-refractivity contribution in [2.24, 2.45) is 0 Å². The second kappa shape index (κ2) is 6.41. The van der Waals surface area contributed by atoms with Gasteiger partial charge in [-0.25, -0.2) is 0 Å². The molecule has 0 rings (SSSR count). The summed E-state index contributed by atoms with van der Waals surface area (Å²) in [5.41, 5.74) is 0. The van der Waals surface area contributed by atoms with Crippen molar-refractivity contribution in [2.75, 3.05) is 0 Å². The monoisotopic (exact) mass is 112 g/mol. The van der Waals surface area contributed by atoms with E-state index < -0.39 is 0 Å². The SMILES string of the molecule is C=CCCCCC=O. The summed E-state index contributed by atoms with van der Waals surface area (Å²) in [6.07, 6.45) is 6.69. The normalized spacial score (nSPS) is 8.50. The Bertz CT molecular complexity index is 56.8. The maximum absolute atomic E-state index is 9.74. The molecule has 1 heteroatoms. The molecule has 0 aliphatic carbocycles. The summed E-state index contributed by atoms with van der Waals surface area (Å²) in [6, 6.07) is 0. The molecular weight excluding hydrogens is 100 g/mol. The topological polar surface area (TPSA) is 17.1 Å². The van der Waals surface area contributed by atoms with Crippen LogP contribution in [-0.4, -0.2) is 6.29 Å². The molecule has 0 bridgehead atoms. The summed E-state index contributed by atoms with van der Waals surface area (Å²) in [6.45, 7) is 3.57. The van der Waals surface area contributed by atoms with Crippen molar-refractivity contribution in [1.29, 1.82) is 0 Å². The fraction of sp³-hybridized carbons (Fsp3) is 0.571. The van der Waals surface area contributed by atoms with Gasteiger partial charge in [0.15, 0.2) is 0 Å². The van der Waals surface area contributed by atoms with Gasteiger partial charge < -0.3 is 4.79 Å². The first-order chi connectivity index (χ1) is 3.91. The molecule has 0 aromatic heterocycles. The molecule has 8 heavy (non-hydrogen) atoms. The van der Waals surface area contributed by atoms with E-state index in [9.17, 15) is 4.79 Å². The van der Waals surface area contributed by atoms with Gasteiger partial charge in [-0.2, -0.15) is 0 Å². The van der Waals surface area contributed by atoms with Gasteiger partial charge >= 0.3 is 0 Å². The number of hydrogen-bond donors (Lipinski definition) is 0. The number of unbranched alkanes of at least 4 members (excludes halogenated alkanes) is 3. The summed E-state index contributed by atoms with van der Waals surface area (Å²) in [5, 5.41) is 0. The molecule has 0 amide bonds. The Kier molecular flexibility index (Phi) is 5.94. The second-order valence-corrected chi connectivity index (χ2v) is 1.74. The molecule has 0 heterocycles. The van der Waals surface area contributed by atoms with Crippen LogP contribution in [-0.2, 0) is 4.79 Å². The molecule has 0 aromatic carbocycles. The van der Waals surface area contributed by atoms with Gasteiger partial charge in [0.05, 0.1) is 0 Å². The van der Waals surface area contributed by atoms with Gasteiger partial charge in [-0.05, 0) is 19.3 Å². The second-order valence-electron chi connectivity index (χ2n) is 1.74. The largest absolute Gasteiger partial charge is 0.303 e. The molecule has 0 aliphatic heterocycles. The minimum Gasteiger partial charge on any atom is -0.303 e. The maximum atomic E-state index is 9.74. The molecule has 46 valence electrons. The van der Waals surface area contributed by atoms with E-state index in [1.54, 1.807) is 0 Å². The van der Waals surface area contributed by atoms with Crippen LogP contribution in [0.5, 0.6) is 0 Å². The van der Waals surface area contributed by atoms with Gasteiger partial charge in [-0.3, -0.25) is 0 Å². The van der Waals surface area contributed by atoms with Crippen LogP contribution in [0.15, 0.2) is 12.7 Å². The van der Waals surface area contributed by atoms with Crippen LogP contribution in [0.3, 0.4) is 0 Å². The third-order valence-electron chi connectivity index (χ3n) is 0.980. The van der Waals surface area contributed by atoms with Crippen molar-refractivity contribution in [1.82, 2.24) is 0 Å². The summed E-state index contributed by atoms with van der Waals surface area (Å²) in [7, 11) is 0. The van der Waals surface area contributed by atoms with Crippen LogP contribution in [0.2, 0.25) is 0 Å². The lowest BCUT2D eigenvalue weighted by atomic mass is 10.2. The first-order valence-corrected chi connectivity index (χ1v) is 2.96. The van der Waals surface area contributed by atoms with E-state index in [0.717, 1.165) is 25.5 Å². The Labute approximate surface area is 50.4 Å². The number of hydrogen-bond acceptors (Lipinski definition) is 1. The Hall–Kier alpha value is -0.590. The molecule has 0 N–H and O–H groups in total. The molecule has 0 fully saturated rings. The van der Waals surface area contributed by atoms with Crippen LogP contribution in [0.25, 0.3) is 0 Å². The van der Waals surface area contributed by atoms with E-state index in [-0.39, 0.29) is 0 Å². The molecule has 0 unspecified atom stereocenters. The Morgan fingerprint density at radius 3 is 2.38 bits per heavy atom. The summed E-state index contributed by atoms with van der Waals surface area (Å²) >= 11 is 0. The first-order valence-electron chi connectivity index (χ1n) is 2.96. The third-order valence-corrected chi connectivity index (χ3v) is 0.980. The summed E-state index contributed by atoms with van der Waals surface area (Å²) in [4.78, 5) is 9.74. The van der Waals surface area contributed by atoms with Crippen molar-refractivity contribution in [3.63, 3.8) is 0 Å². The lowest BCUT2D eigenvalue weighted by Crippen LogP contribution is -1.74. The van der Waals surface area contributed by atoms with Crippen LogP contribution in [0, 0.1) is 0 Å². The minimum atomic E-state index is 0.702. The van der Waals surface area contributed by atoms with Crippen molar-refractivity contribution < 1.29 is 4.79 Å². The highest BCUT2D eigenvalue weighted by molar-refractivity contribution is 5.48. The lowest BCUT2D eigenvalue weighted by molar-refractivity contribution is -0.107. The lowest BCUT2D eigenvalue weighted by Gasteiger charge is -1.87. The summed E-state index contributed by atoms with van der Waals surface area (Å²) in [5.74, 6) is 0. The van der Waals surface area contributed by atoms with E-state index in [4.69, 9.17) is 0 Å². The molecule has 0 spiro atoms. The van der Waals surface area contributed by atoms with E-state index in [1.807, 2.05) is 6.08 Å². The fourth-order valence-corrected chi connectivity index (χ4v) is 0.516. The van der Waals surface area contributed by atoms with Crippen molar-refractivity contribution in [2.45, 2.75) is 25.7 Å². The molecule has 0 saturated carbocycles. The number of rotatable bonds is 5. The Balaban J connectivity index is 2.71. The quantitative estimate of drug-likeness (QED) is 0.302. The highest BCUT2D eigenvalue weighted by Gasteiger charge is 1.81. The van der Waals surface area contributed by atoms with Crippen molar-refractivity contribution >= 4 is 6.29 Å². The van der Waals surface area contributed by atoms with Crippen LogP contribution in [0.4, 0.5) is 0 Å². The zero-order valence-electron chi connectivity index (χ0n) is 5.10. The van der Waals surface area contributed by atoms with Gasteiger partial charge in [-0.1, -0.05) is 6.08 Å². The number of carbonyl (C=O) groups is 1. The molecule has 0 aliphatic rings. The van der Waals surface area contributed by atoms with E-state index >= 15 is 0 Å². The van der Waals surface area contributed by atoms with E-state index in [0.29, 0.717) is 6.42 Å². The average molecular weight is 112 g/mol.